The Kier molecular flexibility index (Phi) is 6.19. The van der Waals surface area contributed by atoms with E-state index in [9.17, 15) is 22.4 Å². The van der Waals surface area contributed by atoms with Crippen molar-refractivity contribution in [2.24, 2.45) is 0 Å². The third kappa shape index (κ3) is 4.18. The Morgan fingerprint density at radius 3 is 2.15 bits per heavy atom. The predicted molar refractivity (Wildman–Crippen MR) is 95.1 cm³/mol. The predicted octanol–water partition coefficient (Wildman–Crippen LogP) is 4.04. The van der Waals surface area contributed by atoms with E-state index in [2.05, 4.69) is 4.90 Å². The van der Waals surface area contributed by atoms with Gasteiger partial charge in [0.15, 0.2) is 17.5 Å². The maximum Gasteiger partial charge on any atom is 0.246 e. The van der Waals surface area contributed by atoms with Crippen molar-refractivity contribution in [1.82, 2.24) is 9.80 Å². The Morgan fingerprint density at radius 1 is 0.889 bits per heavy atom. The Morgan fingerprint density at radius 2 is 1.52 bits per heavy atom. The molecule has 0 bridgehead atoms. The molecule has 2 fully saturated rings. The van der Waals surface area contributed by atoms with E-state index in [1.807, 2.05) is 0 Å². The van der Waals surface area contributed by atoms with Gasteiger partial charge in [-0.25, -0.2) is 17.6 Å². The zero-order valence-electron chi connectivity index (χ0n) is 15.4. The first-order chi connectivity index (χ1) is 12.9. The van der Waals surface area contributed by atoms with Crippen LogP contribution >= 0.6 is 0 Å². The molecule has 0 aromatic heterocycles. The molecule has 3 nitrogen and oxygen atoms in total. The highest BCUT2D eigenvalue weighted by atomic mass is 19.2. The van der Waals surface area contributed by atoms with Crippen LogP contribution in [-0.4, -0.2) is 47.9 Å². The summed E-state index contributed by atoms with van der Waals surface area (Å²) in [4.78, 5) is 16.3. The van der Waals surface area contributed by atoms with Crippen molar-refractivity contribution >= 4 is 12.0 Å². The summed E-state index contributed by atoms with van der Waals surface area (Å²) in [6.45, 7) is 3.66. The summed E-state index contributed by atoms with van der Waals surface area (Å²) in [5.74, 6) is -6.49. The number of carbonyl (C=O) groups excluding carboxylic acids is 1. The normalized spacial score (nSPS) is 19.8. The number of benzene rings is 1. The molecule has 7 heteroatoms. The largest absolute Gasteiger partial charge is 0.337 e. The Balaban J connectivity index is 1.63. The van der Waals surface area contributed by atoms with Gasteiger partial charge in [0, 0.05) is 49.4 Å². The van der Waals surface area contributed by atoms with E-state index in [1.165, 1.54) is 32.1 Å². The molecule has 1 aromatic carbocycles. The fraction of sp³-hybridized carbons (Fsp3) is 0.550. The van der Waals surface area contributed by atoms with E-state index in [0.29, 0.717) is 19.1 Å². The maximum absolute atomic E-state index is 14.0. The quantitative estimate of drug-likeness (QED) is 0.340. The van der Waals surface area contributed by atoms with Crippen LogP contribution < -0.4 is 0 Å². The minimum absolute atomic E-state index is 0.389. The van der Waals surface area contributed by atoms with Crippen molar-refractivity contribution in [2.75, 3.05) is 26.2 Å². The van der Waals surface area contributed by atoms with Crippen LogP contribution in [0.5, 0.6) is 0 Å². The van der Waals surface area contributed by atoms with Crippen molar-refractivity contribution in [2.45, 2.75) is 45.1 Å². The lowest BCUT2D eigenvalue weighted by Crippen LogP contribution is -2.52. The zero-order valence-corrected chi connectivity index (χ0v) is 15.4. The van der Waals surface area contributed by atoms with E-state index in [4.69, 9.17) is 0 Å². The van der Waals surface area contributed by atoms with E-state index in [0.717, 1.165) is 32.2 Å². The fourth-order valence-corrected chi connectivity index (χ4v) is 3.93. The monoisotopic (exact) mass is 384 g/mol. The number of nitrogens with zero attached hydrogens (tertiary/aromatic N) is 2. The highest BCUT2D eigenvalue weighted by Gasteiger charge is 2.27. The second-order valence-electron chi connectivity index (χ2n) is 7.28. The Hall–Kier alpha value is -1.89. The summed E-state index contributed by atoms with van der Waals surface area (Å²) < 4.78 is 54.7. The van der Waals surface area contributed by atoms with Crippen molar-refractivity contribution in [3.63, 3.8) is 0 Å². The van der Waals surface area contributed by atoms with Crippen LogP contribution in [0.25, 0.3) is 6.08 Å². The second kappa shape index (κ2) is 8.42. The Bertz CT molecular complexity index is 707. The van der Waals surface area contributed by atoms with Crippen molar-refractivity contribution in [1.29, 1.82) is 0 Å². The van der Waals surface area contributed by atoms with Gasteiger partial charge in [-0.1, -0.05) is 19.3 Å². The molecule has 1 aliphatic carbocycles. The molecule has 27 heavy (non-hydrogen) atoms. The van der Waals surface area contributed by atoms with Gasteiger partial charge in [-0.15, -0.1) is 0 Å². The van der Waals surface area contributed by atoms with Gasteiger partial charge in [-0.3, -0.25) is 9.69 Å². The molecule has 0 atom stereocenters. The zero-order chi connectivity index (χ0) is 19.6. The van der Waals surface area contributed by atoms with E-state index in [-0.39, 0.29) is 5.91 Å². The summed E-state index contributed by atoms with van der Waals surface area (Å²) in [6.07, 6.45) is 8.08. The number of hydrogen-bond acceptors (Lipinski definition) is 2. The smallest absolute Gasteiger partial charge is 0.246 e. The molecular formula is C20H24F4N2O. The number of carbonyl (C=O) groups is 1. The third-order valence-electron chi connectivity index (χ3n) is 5.63. The molecule has 1 heterocycles. The standard InChI is InChI=1S/C20H24F4N2O/c1-13-17(21)15(19(23)20(24)18(13)22)7-8-16(27)26-11-9-25(10-12-26)14-5-3-2-4-6-14/h7-8,14H,2-6,9-12H2,1H3. The molecule has 1 saturated carbocycles. The molecule has 1 amide bonds. The van der Waals surface area contributed by atoms with Crippen LogP contribution in [0.3, 0.4) is 0 Å². The summed E-state index contributed by atoms with van der Waals surface area (Å²) in [5.41, 5.74) is -1.34. The molecule has 3 rings (SSSR count). The SMILES string of the molecule is Cc1c(F)c(F)c(F)c(C=CC(=O)N2CCN(C3CCCCC3)CC2)c1F. The van der Waals surface area contributed by atoms with E-state index < -0.39 is 34.4 Å². The van der Waals surface area contributed by atoms with Gasteiger partial charge in [0.2, 0.25) is 5.91 Å². The highest BCUT2D eigenvalue weighted by molar-refractivity contribution is 5.92. The van der Waals surface area contributed by atoms with Crippen molar-refractivity contribution < 1.29 is 22.4 Å². The molecule has 0 spiro atoms. The lowest BCUT2D eigenvalue weighted by Gasteiger charge is -2.40. The van der Waals surface area contributed by atoms with Crippen molar-refractivity contribution in [3.8, 4) is 0 Å². The van der Waals surface area contributed by atoms with Crippen LogP contribution in [0.4, 0.5) is 17.6 Å². The van der Waals surface area contributed by atoms with Gasteiger partial charge in [0.25, 0.3) is 0 Å². The van der Waals surface area contributed by atoms with Gasteiger partial charge >= 0.3 is 0 Å². The van der Waals surface area contributed by atoms with Gasteiger partial charge in [-0.05, 0) is 25.8 Å². The molecule has 1 saturated heterocycles. The van der Waals surface area contributed by atoms with Crippen LogP contribution in [0.1, 0.15) is 43.2 Å². The van der Waals surface area contributed by atoms with Gasteiger partial charge < -0.3 is 4.90 Å². The van der Waals surface area contributed by atoms with Gasteiger partial charge in [0.05, 0.1) is 0 Å². The third-order valence-corrected chi connectivity index (χ3v) is 5.63. The van der Waals surface area contributed by atoms with Crippen molar-refractivity contribution in [3.05, 3.63) is 40.5 Å². The minimum atomic E-state index is -1.73. The first kappa shape index (κ1) is 19.9. The molecule has 0 radical (unpaired) electrons. The van der Waals surface area contributed by atoms with Crippen LogP contribution in [0.15, 0.2) is 6.08 Å². The highest BCUT2D eigenvalue weighted by Crippen LogP contribution is 2.25. The molecule has 0 N–H and O–H groups in total. The summed E-state index contributed by atoms with van der Waals surface area (Å²) in [6, 6.07) is 0.583. The lowest BCUT2D eigenvalue weighted by molar-refractivity contribution is -0.128. The fourth-order valence-electron chi connectivity index (χ4n) is 3.93. The van der Waals surface area contributed by atoms with Crippen LogP contribution in [0, 0.1) is 30.2 Å². The van der Waals surface area contributed by atoms with Gasteiger partial charge in [0.1, 0.15) is 5.82 Å². The average molecular weight is 384 g/mol. The van der Waals surface area contributed by atoms with Crippen LogP contribution in [0.2, 0.25) is 0 Å². The Labute approximate surface area is 156 Å². The first-order valence-electron chi connectivity index (χ1n) is 9.43. The van der Waals surface area contributed by atoms with Crippen LogP contribution in [-0.2, 0) is 4.79 Å². The number of rotatable bonds is 3. The summed E-state index contributed by atoms with van der Waals surface area (Å²) in [5, 5.41) is 0. The average Bonchev–Trinajstić information content (AvgIpc) is 2.71. The minimum Gasteiger partial charge on any atom is -0.337 e. The number of hydrogen-bond donors (Lipinski definition) is 0. The lowest BCUT2D eigenvalue weighted by atomic mass is 9.94. The van der Waals surface area contributed by atoms with Gasteiger partial charge in [-0.2, -0.15) is 0 Å². The molecule has 148 valence electrons. The molecule has 1 aliphatic heterocycles. The summed E-state index contributed by atoms with van der Waals surface area (Å²) >= 11 is 0. The number of amides is 1. The first-order valence-corrected chi connectivity index (χ1v) is 9.43. The maximum atomic E-state index is 14.0. The number of halogens is 4. The van der Waals surface area contributed by atoms with E-state index in [1.54, 1.807) is 4.90 Å². The molecule has 0 unspecified atom stereocenters. The summed E-state index contributed by atoms with van der Waals surface area (Å²) in [7, 11) is 0. The molecular weight excluding hydrogens is 360 g/mol. The topological polar surface area (TPSA) is 23.6 Å². The second-order valence-corrected chi connectivity index (χ2v) is 7.28. The van der Waals surface area contributed by atoms with E-state index >= 15 is 0 Å². The molecule has 1 aromatic rings. The molecule has 2 aliphatic rings. The number of piperazine rings is 1.